The van der Waals surface area contributed by atoms with Gasteiger partial charge >= 0.3 is 0 Å². The van der Waals surface area contributed by atoms with E-state index in [1.807, 2.05) is 11.8 Å². The molecule has 0 aromatic heterocycles. The maximum atomic E-state index is 3.91. The summed E-state index contributed by atoms with van der Waals surface area (Å²) in [4.78, 5) is 3.95. The minimum Gasteiger partial charge on any atom is -0.308 e. The normalized spacial score (nSPS) is 24.8. The Balaban J connectivity index is 1.69. The number of thioether (sulfide) groups is 1. The largest absolute Gasteiger partial charge is 0.308 e. The SMILES string of the molecule is CN(C)C1(CNC2CCSc3ccccc32)CCCCC1. The molecule has 0 saturated heterocycles. The third-order valence-electron chi connectivity index (χ3n) is 5.37. The number of benzene rings is 1. The van der Waals surface area contributed by atoms with Crippen molar-refractivity contribution in [3.8, 4) is 0 Å². The van der Waals surface area contributed by atoms with Crippen LogP contribution in [0.25, 0.3) is 0 Å². The fourth-order valence-electron chi connectivity index (χ4n) is 3.86. The summed E-state index contributed by atoms with van der Waals surface area (Å²) in [6.07, 6.45) is 8.13. The average Bonchev–Trinajstić information content (AvgIpc) is 2.53. The molecule has 0 spiro atoms. The van der Waals surface area contributed by atoms with E-state index >= 15 is 0 Å². The highest BCUT2D eigenvalue weighted by Gasteiger charge is 2.35. The number of rotatable bonds is 4. The highest BCUT2D eigenvalue weighted by atomic mass is 32.2. The molecular weight excluding hydrogens is 276 g/mol. The van der Waals surface area contributed by atoms with Crippen LogP contribution in [0.1, 0.15) is 50.1 Å². The standard InChI is InChI=1S/C18H28N2S/c1-20(2)18(11-6-3-7-12-18)14-19-16-10-13-21-17-9-5-4-8-15(16)17/h4-5,8-9,16,19H,3,6-7,10-14H2,1-2H3. The van der Waals surface area contributed by atoms with Gasteiger partial charge < -0.3 is 10.2 Å². The molecule has 2 aliphatic rings. The highest BCUT2D eigenvalue weighted by molar-refractivity contribution is 7.99. The number of nitrogens with zero attached hydrogens (tertiary/aromatic N) is 1. The van der Waals surface area contributed by atoms with Gasteiger partial charge in [-0.1, -0.05) is 37.5 Å². The molecule has 0 amide bonds. The molecule has 1 N–H and O–H groups in total. The Morgan fingerprint density at radius 1 is 1.19 bits per heavy atom. The second-order valence-corrected chi connectivity index (χ2v) is 7.92. The van der Waals surface area contributed by atoms with E-state index in [0.717, 1.165) is 6.54 Å². The Hall–Kier alpha value is -0.510. The Bertz CT molecular complexity index is 466. The Labute approximate surface area is 133 Å². The van der Waals surface area contributed by atoms with Crippen LogP contribution in [0.15, 0.2) is 29.2 Å². The lowest BCUT2D eigenvalue weighted by molar-refractivity contribution is 0.0948. The first kappa shape index (κ1) is 15.4. The second-order valence-electron chi connectivity index (χ2n) is 6.79. The van der Waals surface area contributed by atoms with E-state index in [0.29, 0.717) is 11.6 Å². The van der Waals surface area contributed by atoms with Crippen molar-refractivity contribution >= 4 is 11.8 Å². The van der Waals surface area contributed by atoms with Crippen molar-refractivity contribution in [2.75, 3.05) is 26.4 Å². The predicted octanol–water partition coefficient (Wildman–Crippen LogP) is 4.08. The van der Waals surface area contributed by atoms with Crippen molar-refractivity contribution in [2.45, 2.75) is 55.0 Å². The molecule has 1 aliphatic heterocycles. The van der Waals surface area contributed by atoms with Crippen molar-refractivity contribution in [1.82, 2.24) is 10.2 Å². The summed E-state index contributed by atoms with van der Waals surface area (Å²) in [6, 6.07) is 9.47. The van der Waals surface area contributed by atoms with Crippen LogP contribution in [0.3, 0.4) is 0 Å². The minimum atomic E-state index is 0.373. The molecule has 1 aromatic carbocycles. The van der Waals surface area contributed by atoms with Crippen molar-refractivity contribution < 1.29 is 0 Å². The first-order chi connectivity index (χ1) is 10.2. The van der Waals surface area contributed by atoms with Gasteiger partial charge in [-0.3, -0.25) is 0 Å². The van der Waals surface area contributed by atoms with Crippen LogP contribution in [0.2, 0.25) is 0 Å². The lowest BCUT2D eigenvalue weighted by Crippen LogP contribution is -2.53. The highest BCUT2D eigenvalue weighted by Crippen LogP contribution is 2.37. The zero-order valence-electron chi connectivity index (χ0n) is 13.4. The van der Waals surface area contributed by atoms with E-state index in [2.05, 4.69) is 48.6 Å². The lowest BCUT2D eigenvalue weighted by atomic mass is 9.80. The third-order valence-corrected chi connectivity index (χ3v) is 6.49. The van der Waals surface area contributed by atoms with E-state index in [9.17, 15) is 0 Å². The number of likely N-dealkylation sites (N-methyl/N-ethyl adjacent to an activating group) is 1. The van der Waals surface area contributed by atoms with Gasteiger partial charge in [-0.15, -0.1) is 11.8 Å². The summed E-state index contributed by atoms with van der Waals surface area (Å²) < 4.78 is 0. The molecule has 1 atom stereocenters. The molecule has 2 nitrogen and oxygen atoms in total. The van der Waals surface area contributed by atoms with Gasteiger partial charge in [0.2, 0.25) is 0 Å². The quantitative estimate of drug-likeness (QED) is 0.902. The molecule has 0 bridgehead atoms. The van der Waals surface area contributed by atoms with Gasteiger partial charge in [-0.25, -0.2) is 0 Å². The van der Waals surface area contributed by atoms with Gasteiger partial charge in [0, 0.05) is 23.0 Å². The molecule has 1 unspecified atom stereocenters. The van der Waals surface area contributed by atoms with Crippen molar-refractivity contribution in [3.05, 3.63) is 29.8 Å². The van der Waals surface area contributed by atoms with E-state index in [-0.39, 0.29) is 0 Å². The molecule has 1 aliphatic carbocycles. The Morgan fingerprint density at radius 3 is 2.71 bits per heavy atom. The van der Waals surface area contributed by atoms with E-state index in [4.69, 9.17) is 0 Å². The zero-order valence-corrected chi connectivity index (χ0v) is 14.2. The van der Waals surface area contributed by atoms with Crippen LogP contribution < -0.4 is 5.32 Å². The summed E-state index contributed by atoms with van der Waals surface area (Å²) in [7, 11) is 4.52. The van der Waals surface area contributed by atoms with Crippen LogP contribution in [0.5, 0.6) is 0 Å². The predicted molar refractivity (Wildman–Crippen MR) is 92.0 cm³/mol. The fraction of sp³-hybridized carbons (Fsp3) is 0.667. The molecule has 1 aromatic rings. The van der Waals surface area contributed by atoms with Gasteiger partial charge in [0.1, 0.15) is 0 Å². The molecular formula is C18H28N2S. The van der Waals surface area contributed by atoms with Crippen LogP contribution >= 0.6 is 11.8 Å². The number of hydrogen-bond acceptors (Lipinski definition) is 3. The third kappa shape index (κ3) is 3.30. The fourth-order valence-corrected chi connectivity index (χ4v) is 4.98. The zero-order chi connectivity index (χ0) is 14.7. The number of fused-ring (bicyclic) bond motifs is 1. The number of nitrogens with one attached hydrogen (secondary N) is 1. The molecule has 1 fully saturated rings. The summed E-state index contributed by atoms with van der Waals surface area (Å²) in [5.41, 5.74) is 1.89. The van der Waals surface area contributed by atoms with E-state index < -0.39 is 0 Å². The van der Waals surface area contributed by atoms with Gasteiger partial charge in [-0.05, 0) is 50.7 Å². The lowest BCUT2D eigenvalue weighted by Gasteiger charge is -2.44. The molecule has 0 radical (unpaired) electrons. The van der Waals surface area contributed by atoms with Crippen LogP contribution in [0, 0.1) is 0 Å². The van der Waals surface area contributed by atoms with E-state index in [1.54, 1.807) is 0 Å². The van der Waals surface area contributed by atoms with Gasteiger partial charge in [0.25, 0.3) is 0 Å². The Kier molecular flexibility index (Phi) is 4.92. The van der Waals surface area contributed by atoms with Gasteiger partial charge in [-0.2, -0.15) is 0 Å². The summed E-state index contributed by atoms with van der Waals surface area (Å²) in [6.45, 7) is 1.13. The molecule has 1 heterocycles. The molecule has 21 heavy (non-hydrogen) atoms. The van der Waals surface area contributed by atoms with Crippen LogP contribution in [0.4, 0.5) is 0 Å². The second kappa shape index (κ2) is 6.72. The van der Waals surface area contributed by atoms with Crippen molar-refractivity contribution in [1.29, 1.82) is 0 Å². The van der Waals surface area contributed by atoms with Crippen molar-refractivity contribution in [2.24, 2.45) is 0 Å². The summed E-state index contributed by atoms with van der Waals surface area (Å²) >= 11 is 2.01. The average molecular weight is 305 g/mol. The first-order valence-electron chi connectivity index (χ1n) is 8.34. The Morgan fingerprint density at radius 2 is 1.95 bits per heavy atom. The molecule has 3 rings (SSSR count). The summed E-state index contributed by atoms with van der Waals surface area (Å²) in [5.74, 6) is 1.24. The smallest absolute Gasteiger partial charge is 0.0340 e. The van der Waals surface area contributed by atoms with Gasteiger partial charge in [0.05, 0.1) is 0 Å². The summed E-state index contributed by atoms with van der Waals surface area (Å²) in [5, 5.41) is 3.91. The topological polar surface area (TPSA) is 15.3 Å². The maximum absolute atomic E-state index is 3.91. The monoisotopic (exact) mass is 304 g/mol. The molecule has 116 valence electrons. The number of hydrogen-bond donors (Lipinski definition) is 1. The molecule has 1 saturated carbocycles. The van der Waals surface area contributed by atoms with Crippen molar-refractivity contribution in [3.63, 3.8) is 0 Å². The van der Waals surface area contributed by atoms with Gasteiger partial charge in [0.15, 0.2) is 0 Å². The minimum absolute atomic E-state index is 0.373. The maximum Gasteiger partial charge on any atom is 0.0340 e. The first-order valence-corrected chi connectivity index (χ1v) is 9.32. The molecule has 3 heteroatoms. The van der Waals surface area contributed by atoms with E-state index in [1.165, 1.54) is 54.7 Å². The van der Waals surface area contributed by atoms with Crippen LogP contribution in [-0.2, 0) is 0 Å². The van der Waals surface area contributed by atoms with Crippen LogP contribution in [-0.4, -0.2) is 36.8 Å².